The second-order valence-electron chi connectivity index (χ2n) is 7.97. The van der Waals surface area contributed by atoms with Crippen LogP contribution >= 0.6 is 0 Å². The fourth-order valence-electron chi connectivity index (χ4n) is 4.02. The molecule has 2 rings (SSSR count). The van der Waals surface area contributed by atoms with Gasteiger partial charge >= 0.3 is 0 Å². The van der Waals surface area contributed by atoms with Gasteiger partial charge in [-0.3, -0.25) is 19.3 Å². The number of rotatable bonds is 6. The monoisotopic (exact) mass is 351 g/mol. The minimum Gasteiger partial charge on any atom is -0.343 e. The maximum Gasteiger partial charge on any atom is 0.245 e. The molecule has 2 aliphatic rings. The Morgan fingerprint density at radius 3 is 2.12 bits per heavy atom. The van der Waals surface area contributed by atoms with Crippen molar-refractivity contribution in [2.75, 3.05) is 13.1 Å². The Bertz CT molecular complexity index is 518. The highest BCUT2D eigenvalue weighted by Gasteiger charge is 2.38. The summed E-state index contributed by atoms with van der Waals surface area (Å²) in [6, 6.07) is -0.758. The van der Waals surface area contributed by atoms with E-state index in [2.05, 4.69) is 24.1 Å². The van der Waals surface area contributed by atoms with E-state index in [9.17, 15) is 14.4 Å². The summed E-state index contributed by atoms with van der Waals surface area (Å²) >= 11 is 0. The van der Waals surface area contributed by atoms with Crippen molar-refractivity contribution in [3.8, 4) is 0 Å². The molecule has 2 amide bonds. The van der Waals surface area contributed by atoms with Crippen LogP contribution in [0.25, 0.3) is 0 Å². The summed E-state index contributed by atoms with van der Waals surface area (Å²) in [5.74, 6) is -0.176. The number of Topliss-reactive ketones (excluding diaryl/α,β-unsaturated/α-hetero) is 1. The first-order valence-corrected chi connectivity index (χ1v) is 9.64. The van der Waals surface area contributed by atoms with Crippen LogP contribution in [0.5, 0.6) is 0 Å². The van der Waals surface area contributed by atoms with Gasteiger partial charge in [0.15, 0.2) is 5.78 Å². The summed E-state index contributed by atoms with van der Waals surface area (Å²) in [6.07, 6.45) is 3.42. The van der Waals surface area contributed by atoms with E-state index in [1.807, 2.05) is 13.8 Å². The molecule has 0 aromatic rings. The van der Waals surface area contributed by atoms with Gasteiger partial charge in [-0.25, -0.2) is 0 Å². The van der Waals surface area contributed by atoms with Gasteiger partial charge in [-0.1, -0.05) is 13.8 Å². The molecule has 6 nitrogen and oxygen atoms in total. The van der Waals surface area contributed by atoms with Crippen molar-refractivity contribution in [3.63, 3.8) is 0 Å². The van der Waals surface area contributed by atoms with Crippen molar-refractivity contribution in [1.82, 2.24) is 15.1 Å². The molecular formula is C19H33N3O3. The van der Waals surface area contributed by atoms with Crippen molar-refractivity contribution in [2.45, 2.75) is 84.5 Å². The highest BCUT2D eigenvalue weighted by molar-refractivity contribution is 5.94. The average molecular weight is 351 g/mol. The molecule has 0 radical (unpaired) electrons. The van der Waals surface area contributed by atoms with Gasteiger partial charge in [0.2, 0.25) is 11.8 Å². The van der Waals surface area contributed by atoms with Crippen molar-refractivity contribution >= 4 is 17.6 Å². The molecule has 0 spiro atoms. The van der Waals surface area contributed by atoms with Crippen LogP contribution in [0.15, 0.2) is 0 Å². The zero-order chi connectivity index (χ0) is 18.7. The standard InChI is InChI=1S/C19H33N3O3/c1-12(2)17(23)15-8-6-11-22(15)19(25)14(5)20-18(24)16-9-7-10-21(16)13(3)4/h12-16H,6-11H2,1-5H3,(H,20,24)/t14-,15-,16+/m0/s1. The van der Waals surface area contributed by atoms with Crippen LogP contribution in [0.3, 0.4) is 0 Å². The Labute approximate surface area is 151 Å². The second-order valence-corrected chi connectivity index (χ2v) is 7.97. The predicted octanol–water partition coefficient (Wildman–Crippen LogP) is 1.58. The molecule has 0 aromatic heterocycles. The summed E-state index contributed by atoms with van der Waals surface area (Å²) in [6.45, 7) is 11.2. The molecule has 6 heteroatoms. The van der Waals surface area contributed by atoms with E-state index >= 15 is 0 Å². The third-order valence-corrected chi connectivity index (χ3v) is 5.42. The van der Waals surface area contributed by atoms with Crippen LogP contribution < -0.4 is 5.32 Å². The van der Waals surface area contributed by atoms with Gasteiger partial charge in [-0.05, 0) is 53.0 Å². The minimum absolute atomic E-state index is 0.0713. The minimum atomic E-state index is -0.595. The summed E-state index contributed by atoms with van der Waals surface area (Å²) in [4.78, 5) is 41.6. The number of carbonyl (C=O) groups is 3. The lowest BCUT2D eigenvalue weighted by atomic mass is 9.99. The van der Waals surface area contributed by atoms with Gasteiger partial charge in [0, 0.05) is 18.5 Å². The van der Waals surface area contributed by atoms with Crippen LogP contribution in [0.1, 0.15) is 60.3 Å². The lowest BCUT2D eigenvalue weighted by molar-refractivity contribution is -0.141. The molecule has 0 saturated carbocycles. The lowest BCUT2D eigenvalue weighted by Gasteiger charge is -2.30. The molecule has 2 saturated heterocycles. The number of amides is 2. The molecule has 2 aliphatic heterocycles. The molecule has 0 aliphatic carbocycles. The first kappa shape index (κ1) is 19.9. The topological polar surface area (TPSA) is 69.7 Å². The quantitative estimate of drug-likeness (QED) is 0.789. The highest BCUT2D eigenvalue weighted by atomic mass is 16.2. The SMILES string of the molecule is CC(C)C(=O)[C@@H]1CCCN1C(=O)[C@H](C)NC(=O)[C@H]1CCCN1C(C)C. The first-order chi connectivity index (χ1) is 11.7. The van der Waals surface area contributed by atoms with Gasteiger partial charge in [-0.15, -0.1) is 0 Å². The predicted molar refractivity (Wildman–Crippen MR) is 97.0 cm³/mol. The smallest absolute Gasteiger partial charge is 0.245 e. The largest absolute Gasteiger partial charge is 0.343 e. The second kappa shape index (κ2) is 8.30. The lowest BCUT2D eigenvalue weighted by Crippen LogP contribution is -2.54. The van der Waals surface area contributed by atoms with Crippen molar-refractivity contribution in [1.29, 1.82) is 0 Å². The number of hydrogen-bond acceptors (Lipinski definition) is 4. The molecule has 0 unspecified atom stereocenters. The average Bonchev–Trinajstić information content (AvgIpc) is 3.21. The summed E-state index contributed by atoms with van der Waals surface area (Å²) in [5.41, 5.74) is 0. The molecule has 1 N–H and O–H groups in total. The summed E-state index contributed by atoms with van der Waals surface area (Å²) in [7, 11) is 0. The van der Waals surface area contributed by atoms with E-state index in [4.69, 9.17) is 0 Å². The molecule has 0 bridgehead atoms. The number of nitrogens with one attached hydrogen (secondary N) is 1. The van der Waals surface area contributed by atoms with E-state index in [0.717, 1.165) is 32.2 Å². The highest BCUT2D eigenvalue weighted by Crippen LogP contribution is 2.23. The maximum atomic E-state index is 12.8. The molecule has 2 heterocycles. The van der Waals surface area contributed by atoms with Crippen LogP contribution in [0.2, 0.25) is 0 Å². The van der Waals surface area contributed by atoms with Gasteiger partial charge in [0.1, 0.15) is 6.04 Å². The Balaban J connectivity index is 1.97. The number of hydrogen-bond donors (Lipinski definition) is 1. The van der Waals surface area contributed by atoms with Crippen LogP contribution in [0.4, 0.5) is 0 Å². The number of carbonyl (C=O) groups excluding carboxylic acids is 3. The summed E-state index contributed by atoms with van der Waals surface area (Å²) in [5, 5.41) is 2.89. The van der Waals surface area contributed by atoms with Crippen LogP contribution in [0, 0.1) is 5.92 Å². The Kier molecular flexibility index (Phi) is 6.60. The van der Waals surface area contributed by atoms with E-state index in [1.54, 1.807) is 11.8 Å². The van der Waals surface area contributed by atoms with E-state index in [0.29, 0.717) is 12.6 Å². The number of ketones is 1. The molecule has 25 heavy (non-hydrogen) atoms. The van der Waals surface area contributed by atoms with E-state index in [-0.39, 0.29) is 35.6 Å². The fraction of sp³-hybridized carbons (Fsp3) is 0.842. The van der Waals surface area contributed by atoms with Crippen molar-refractivity contribution in [3.05, 3.63) is 0 Å². The van der Waals surface area contributed by atoms with Gasteiger partial charge < -0.3 is 10.2 Å². The van der Waals surface area contributed by atoms with Gasteiger partial charge in [-0.2, -0.15) is 0 Å². The zero-order valence-electron chi connectivity index (χ0n) is 16.2. The van der Waals surface area contributed by atoms with Gasteiger partial charge in [0.25, 0.3) is 0 Å². The maximum absolute atomic E-state index is 12.8. The van der Waals surface area contributed by atoms with Crippen LogP contribution in [-0.4, -0.2) is 64.7 Å². The van der Waals surface area contributed by atoms with Gasteiger partial charge in [0.05, 0.1) is 12.1 Å². The fourth-order valence-corrected chi connectivity index (χ4v) is 4.02. The van der Waals surface area contributed by atoms with Crippen molar-refractivity contribution in [2.24, 2.45) is 5.92 Å². The molecule has 142 valence electrons. The third-order valence-electron chi connectivity index (χ3n) is 5.42. The number of likely N-dealkylation sites (tertiary alicyclic amines) is 2. The Morgan fingerprint density at radius 2 is 1.52 bits per heavy atom. The number of nitrogens with zero attached hydrogens (tertiary/aromatic N) is 2. The van der Waals surface area contributed by atoms with Crippen molar-refractivity contribution < 1.29 is 14.4 Å². The Morgan fingerprint density at radius 1 is 0.920 bits per heavy atom. The first-order valence-electron chi connectivity index (χ1n) is 9.64. The van der Waals surface area contributed by atoms with E-state index in [1.165, 1.54) is 0 Å². The normalized spacial score (nSPS) is 25.6. The van der Waals surface area contributed by atoms with E-state index < -0.39 is 6.04 Å². The molecule has 2 fully saturated rings. The Hall–Kier alpha value is -1.43. The summed E-state index contributed by atoms with van der Waals surface area (Å²) < 4.78 is 0. The molecular weight excluding hydrogens is 318 g/mol. The zero-order valence-corrected chi connectivity index (χ0v) is 16.2. The van der Waals surface area contributed by atoms with Crippen LogP contribution in [-0.2, 0) is 14.4 Å². The molecule has 0 aromatic carbocycles. The third kappa shape index (κ3) is 4.40. The molecule has 3 atom stereocenters.